The molecule has 8 nitrogen and oxygen atoms in total. The number of thioether (sulfide) groups is 1. The lowest BCUT2D eigenvalue weighted by Gasteiger charge is -2.07. The van der Waals surface area contributed by atoms with Crippen LogP contribution in [0.15, 0.2) is 65.8 Å². The van der Waals surface area contributed by atoms with E-state index in [2.05, 4.69) is 20.8 Å². The third-order valence-electron chi connectivity index (χ3n) is 3.49. The van der Waals surface area contributed by atoms with E-state index in [4.69, 9.17) is 4.74 Å². The number of rotatable bonds is 8. The van der Waals surface area contributed by atoms with Crippen LogP contribution in [0.5, 0.6) is 0 Å². The van der Waals surface area contributed by atoms with Crippen molar-refractivity contribution in [2.75, 3.05) is 18.9 Å². The van der Waals surface area contributed by atoms with Crippen molar-refractivity contribution in [3.05, 3.63) is 66.5 Å². The van der Waals surface area contributed by atoms with Crippen molar-refractivity contribution in [3.8, 4) is 5.69 Å². The molecule has 1 amide bonds. The Labute approximate surface area is 159 Å². The van der Waals surface area contributed by atoms with Gasteiger partial charge in [0.15, 0.2) is 6.61 Å². The highest BCUT2D eigenvalue weighted by molar-refractivity contribution is 7.99. The maximum Gasteiger partial charge on any atom is 0.338 e. The maximum atomic E-state index is 12.0. The first kappa shape index (κ1) is 18.6. The van der Waals surface area contributed by atoms with Crippen molar-refractivity contribution >= 4 is 23.6 Å². The van der Waals surface area contributed by atoms with Crippen molar-refractivity contribution in [2.45, 2.75) is 4.90 Å². The number of hydrogen-bond donors (Lipinski definition) is 1. The highest BCUT2D eigenvalue weighted by Gasteiger charge is 2.10. The Kier molecular flexibility index (Phi) is 6.53. The van der Waals surface area contributed by atoms with Gasteiger partial charge in [-0.15, -0.1) is 16.9 Å². The first-order valence-electron chi connectivity index (χ1n) is 8.17. The molecule has 1 N–H and O–H groups in total. The number of carbonyl (C=O) groups is 2. The summed E-state index contributed by atoms with van der Waals surface area (Å²) in [4.78, 5) is 24.9. The molecule has 0 fully saturated rings. The number of carbonyl (C=O) groups excluding carboxylic acids is 2. The van der Waals surface area contributed by atoms with Gasteiger partial charge in [-0.3, -0.25) is 4.79 Å². The average molecular weight is 383 g/mol. The van der Waals surface area contributed by atoms with Gasteiger partial charge in [0.25, 0.3) is 5.91 Å². The van der Waals surface area contributed by atoms with Gasteiger partial charge in [-0.05, 0) is 46.8 Å². The lowest BCUT2D eigenvalue weighted by atomic mass is 10.2. The van der Waals surface area contributed by atoms with Gasteiger partial charge in [-0.2, -0.15) is 0 Å². The zero-order valence-corrected chi connectivity index (χ0v) is 15.1. The van der Waals surface area contributed by atoms with Crippen LogP contribution >= 0.6 is 11.8 Å². The van der Waals surface area contributed by atoms with E-state index in [1.54, 1.807) is 36.0 Å². The molecule has 0 radical (unpaired) electrons. The lowest BCUT2D eigenvalue weighted by Crippen LogP contribution is -2.30. The normalized spacial score (nSPS) is 10.4. The average Bonchev–Trinajstić information content (AvgIpc) is 3.25. The predicted octanol–water partition coefficient (Wildman–Crippen LogP) is 1.73. The van der Waals surface area contributed by atoms with Gasteiger partial charge in [0.05, 0.1) is 11.3 Å². The molecule has 0 aliphatic heterocycles. The summed E-state index contributed by atoms with van der Waals surface area (Å²) in [7, 11) is 0. The molecule has 138 valence electrons. The van der Waals surface area contributed by atoms with Crippen molar-refractivity contribution in [1.82, 2.24) is 25.5 Å². The van der Waals surface area contributed by atoms with Crippen LogP contribution in [0.4, 0.5) is 0 Å². The van der Waals surface area contributed by atoms with Gasteiger partial charge in [0, 0.05) is 17.2 Å². The minimum atomic E-state index is -0.563. The quantitative estimate of drug-likeness (QED) is 0.359. The number of tetrazole rings is 1. The fourth-order valence-corrected chi connectivity index (χ4v) is 2.96. The summed E-state index contributed by atoms with van der Waals surface area (Å²) in [5, 5.41) is 13.6. The molecular weight excluding hydrogens is 366 g/mol. The maximum absolute atomic E-state index is 12.0. The van der Waals surface area contributed by atoms with Crippen molar-refractivity contribution in [1.29, 1.82) is 0 Å². The molecule has 1 aromatic heterocycles. The molecular formula is C18H17N5O3S. The Hall–Kier alpha value is -3.20. The van der Waals surface area contributed by atoms with E-state index < -0.39 is 5.97 Å². The molecule has 0 aliphatic carbocycles. The molecule has 0 aliphatic rings. The monoisotopic (exact) mass is 383 g/mol. The number of aromatic nitrogens is 4. The molecule has 3 rings (SSSR count). The molecule has 1 heterocycles. The van der Waals surface area contributed by atoms with Gasteiger partial charge < -0.3 is 10.1 Å². The third kappa shape index (κ3) is 5.65. The number of nitrogens with one attached hydrogen (secondary N) is 1. The molecule has 2 aromatic carbocycles. The summed E-state index contributed by atoms with van der Waals surface area (Å²) in [5.41, 5.74) is 1.06. The number of hydrogen-bond acceptors (Lipinski definition) is 7. The van der Waals surface area contributed by atoms with E-state index in [1.165, 1.54) is 11.0 Å². The van der Waals surface area contributed by atoms with Crippen LogP contribution in [-0.4, -0.2) is 51.0 Å². The second kappa shape index (κ2) is 9.48. The summed E-state index contributed by atoms with van der Waals surface area (Å²) >= 11 is 1.65. The van der Waals surface area contributed by atoms with Crippen molar-refractivity contribution < 1.29 is 14.3 Å². The van der Waals surface area contributed by atoms with Crippen LogP contribution in [0.2, 0.25) is 0 Å². The Morgan fingerprint density at radius 3 is 2.56 bits per heavy atom. The Balaban J connectivity index is 1.37. The second-order valence-electron chi connectivity index (χ2n) is 5.39. The van der Waals surface area contributed by atoms with Crippen LogP contribution in [0.3, 0.4) is 0 Å². The lowest BCUT2D eigenvalue weighted by molar-refractivity contribution is -0.124. The number of ether oxygens (including phenoxy) is 1. The standard InChI is InChI=1S/C18H17N5O3S/c24-17(19-10-11-27-16-4-2-1-3-5-16)12-26-18(25)14-6-8-15(9-7-14)23-13-20-21-22-23/h1-9,13H,10-12H2,(H,19,24). The van der Waals surface area contributed by atoms with E-state index >= 15 is 0 Å². The third-order valence-corrected chi connectivity index (χ3v) is 4.50. The smallest absolute Gasteiger partial charge is 0.338 e. The zero-order chi connectivity index (χ0) is 18.9. The van der Waals surface area contributed by atoms with Crippen molar-refractivity contribution in [3.63, 3.8) is 0 Å². The van der Waals surface area contributed by atoms with Crippen LogP contribution in [0, 0.1) is 0 Å². The molecule has 27 heavy (non-hydrogen) atoms. The number of esters is 1. The molecule has 9 heteroatoms. The number of nitrogens with zero attached hydrogens (tertiary/aromatic N) is 4. The van der Waals surface area contributed by atoms with E-state index in [0.29, 0.717) is 17.8 Å². The summed E-state index contributed by atoms with van der Waals surface area (Å²) in [6.07, 6.45) is 1.45. The van der Waals surface area contributed by atoms with Gasteiger partial charge in [-0.25, -0.2) is 9.48 Å². The topological polar surface area (TPSA) is 99.0 Å². The zero-order valence-electron chi connectivity index (χ0n) is 14.3. The van der Waals surface area contributed by atoms with Crippen molar-refractivity contribution in [2.24, 2.45) is 0 Å². The van der Waals surface area contributed by atoms with E-state index in [1.807, 2.05) is 30.3 Å². The summed E-state index contributed by atoms with van der Waals surface area (Å²) < 4.78 is 6.50. The Morgan fingerprint density at radius 1 is 1.07 bits per heavy atom. The molecule has 0 saturated heterocycles. The SMILES string of the molecule is O=C(COC(=O)c1ccc(-n2cnnn2)cc1)NCCSc1ccccc1. The molecule has 0 bridgehead atoms. The van der Waals surface area contributed by atoms with Crippen LogP contribution in [-0.2, 0) is 9.53 Å². The summed E-state index contributed by atoms with van der Waals surface area (Å²) in [6.45, 7) is 0.181. The van der Waals surface area contributed by atoms with Gasteiger partial charge in [0.1, 0.15) is 6.33 Å². The first-order valence-corrected chi connectivity index (χ1v) is 9.16. The van der Waals surface area contributed by atoms with Gasteiger partial charge in [0.2, 0.25) is 0 Å². The highest BCUT2D eigenvalue weighted by atomic mass is 32.2. The number of benzene rings is 2. The number of amides is 1. The van der Waals surface area contributed by atoms with Gasteiger partial charge >= 0.3 is 5.97 Å². The fraction of sp³-hybridized carbons (Fsp3) is 0.167. The van der Waals surface area contributed by atoms with Gasteiger partial charge in [-0.1, -0.05) is 18.2 Å². The van der Waals surface area contributed by atoms with E-state index in [0.717, 1.165) is 10.6 Å². The molecule has 3 aromatic rings. The molecule has 0 atom stereocenters. The minimum Gasteiger partial charge on any atom is -0.452 e. The Morgan fingerprint density at radius 2 is 1.85 bits per heavy atom. The van der Waals surface area contributed by atoms with Crippen LogP contribution in [0.25, 0.3) is 5.69 Å². The van der Waals surface area contributed by atoms with Crippen LogP contribution in [0.1, 0.15) is 10.4 Å². The predicted molar refractivity (Wildman–Crippen MR) is 99.6 cm³/mol. The fourth-order valence-electron chi connectivity index (χ4n) is 2.17. The first-order chi connectivity index (χ1) is 13.2. The highest BCUT2D eigenvalue weighted by Crippen LogP contribution is 2.15. The minimum absolute atomic E-state index is 0.316. The van der Waals surface area contributed by atoms with E-state index in [-0.39, 0.29) is 12.5 Å². The summed E-state index contributed by atoms with van der Waals surface area (Å²) in [5.74, 6) is -0.156. The largest absolute Gasteiger partial charge is 0.452 e. The van der Waals surface area contributed by atoms with Crippen LogP contribution < -0.4 is 5.32 Å². The molecule has 0 unspecified atom stereocenters. The molecule has 0 spiro atoms. The van der Waals surface area contributed by atoms with E-state index in [9.17, 15) is 9.59 Å². The second-order valence-corrected chi connectivity index (χ2v) is 6.56. The Bertz CT molecular complexity index is 870. The molecule has 0 saturated carbocycles. The summed E-state index contributed by atoms with van der Waals surface area (Å²) in [6, 6.07) is 16.5.